The molecule has 3 heteroatoms. The van der Waals surface area contributed by atoms with Crippen LogP contribution in [0, 0.1) is 5.92 Å². The first-order valence-corrected chi connectivity index (χ1v) is 8.16. The third-order valence-electron chi connectivity index (χ3n) is 5.05. The van der Waals surface area contributed by atoms with Crippen LogP contribution in [0.2, 0.25) is 0 Å². The fourth-order valence-electron chi connectivity index (χ4n) is 3.66. The minimum absolute atomic E-state index is 0.229. The van der Waals surface area contributed by atoms with Gasteiger partial charge in [0.25, 0.3) is 0 Å². The van der Waals surface area contributed by atoms with Gasteiger partial charge in [-0.3, -0.25) is 9.69 Å². The van der Waals surface area contributed by atoms with Crippen LogP contribution in [0.5, 0.6) is 0 Å². The summed E-state index contributed by atoms with van der Waals surface area (Å²) in [5, 5.41) is 3.26. The molecular weight excluding hydrogens is 236 g/mol. The maximum atomic E-state index is 12.2. The third kappa shape index (κ3) is 4.48. The van der Waals surface area contributed by atoms with Crippen LogP contribution >= 0.6 is 0 Å². The van der Waals surface area contributed by atoms with Crippen molar-refractivity contribution in [3.8, 4) is 0 Å². The van der Waals surface area contributed by atoms with Gasteiger partial charge in [0.15, 0.2) is 0 Å². The number of rotatable bonds is 4. The average molecular weight is 266 g/mol. The van der Waals surface area contributed by atoms with Crippen LogP contribution in [0.4, 0.5) is 0 Å². The Morgan fingerprint density at radius 3 is 2.37 bits per heavy atom. The highest BCUT2D eigenvalue weighted by Crippen LogP contribution is 2.24. The van der Waals surface area contributed by atoms with Crippen LogP contribution in [-0.4, -0.2) is 36.5 Å². The van der Waals surface area contributed by atoms with Crippen LogP contribution in [0.15, 0.2) is 0 Å². The smallest absolute Gasteiger partial charge is 0.234 e. The van der Waals surface area contributed by atoms with Gasteiger partial charge in [-0.1, -0.05) is 39.0 Å². The van der Waals surface area contributed by atoms with Gasteiger partial charge in [0.1, 0.15) is 0 Å². The first-order valence-electron chi connectivity index (χ1n) is 8.16. The molecule has 0 radical (unpaired) electrons. The number of likely N-dealkylation sites (N-methyl/N-ethyl adjacent to an activating group) is 1. The van der Waals surface area contributed by atoms with Gasteiger partial charge >= 0.3 is 0 Å². The molecule has 2 aliphatic carbocycles. The van der Waals surface area contributed by atoms with Crippen molar-refractivity contribution in [2.45, 2.75) is 76.8 Å². The Hall–Kier alpha value is -0.570. The van der Waals surface area contributed by atoms with Gasteiger partial charge < -0.3 is 5.32 Å². The Kier molecular flexibility index (Phi) is 5.68. The Bertz CT molecular complexity index is 286. The molecule has 0 heterocycles. The number of nitrogens with zero attached hydrogens (tertiary/aromatic N) is 1. The summed E-state index contributed by atoms with van der Waals surface area (Å²) in [6.45, 7) is 2.85. The molecule has 1 amide bonds. The Balaban J connectivity index is 1.73. The first-order chi connectivity index (χ1) is 9.16. The summed E-state index contributed by atoms with van der Waals surface area (Å²) in [6, 6.07) is 1.05. The number of hydrogen-bond donors (Lipinski definition) is 1. The van der Waals surface area contributed by atoms with E-state index < -0.39 is 0 Å². The van der Waals surface area contributed by atoms with E-state index in [1.54, 1.807) is 0 Å². The molecular formula is C16H30N2O. The summed E-state index contributed by atoms with van der Waals surface area (Å²) in [4.78, 5) is 14.4. The molecule has 0 aliphatic heterocycles. The van der Waals surface area contributed by atoms with Crippen LogP contribution < -0.4 is 5.32 Å². The molecule has 0 aromatic heterocycles. The number of carbonyl (C=O) groups excluding carboxylic acids is 1. The molecule has 2 aliphatic rings. The molecule has 2 atom stereocenters. The average Bonchev–Trinajstić information content (AvgIpc) is 2.42. The number of amides is 1. The maximum absolute atomic E-state index is 12.2. The molecule has 0 spiro atoms. The van der Waals surface area contributed by atoms with Crippen LogP contribution in [0.1, 0.15) is 64.7 Å². The predicted molar refractivity (Wildman–Crippen MR) is 79.1 cm³/mol. The molecule has 0 saturated heterocycles. The molecule has 19 heavy (non-hydrogen) atoms. The van der Waals surface area contributed by atoms with E-state index in [4.69, 9.17) is 0 Å². The number of carbonyl (C=O) groups is 1. The zero-order valence-electron chi connectivity index (χ0n) is 12.7. The number of hydrogen-bond acceptors (Lipinski definition) is 2. The highest BCUT2D eigenvalue weighted by atomic mass is 16.2. The normalized spacial score (nSPS) is 29.4. The Morgan fingerprint density at radius 2 is 1.68 bits per heavy atom. The standard InChI is InChI=1S/C16H30N2O/c1-13-8-6-7-11-15(13)17-16(19)12-18(2)14-9-4-3-5-10-14/h13-15H,3-12H2,1-2H3,(H,17,19). The van der Waals surface area contributed by atoms with Crippen LogP contribution in [0.25, 0.3) is 0 Å². The van der Waals surface area contributed by atoms with Gasteiger partial charge in [0, 0.05) is 12.1 Å². The van der Waals surface area contributed by atoms with E-state index in [2.05, 4.69) is 24.2 Å². The van der Waals surface area contributed by atoms with Crippen molar-refractivity contribution >= 4 is 5.91 Å². The van der Waals surface area contributed by atoms with Crippen molar-refractivity contribution in [1.29, 1.82) is 0 Å². The molecule has 2 saturated carbocycles. The third-order valence-corrected chi connectivity index (χ3v) is 5.05. The van der Waals surface area contributed by atoms with Gasteiger partial charge in [0.05, 0.1) is 6.54 Å². The monoisotopic (exact) mass is 266 g/mol. The highest BCUT2D eigenvalue weighted by molar-refractivity contribution is 5.78. The van der Waals surface area contributed by atoms with Crippen molar-refractivity contribution < 1.29 is 4.79 Å². The predicted octanol–water partition coefficient (Wildman–Crippen LogP) is 2.95. The van der Waals surface area contributed by atoms with Gasteiger partial charge in [-0.15, -0.1) is 0 Å². The van der Waals surface area contributed by atoms with Gasteiger partial charge in [-0.25, -0.2) is 0 Å². The minimum Gasteiger partial charge on any atom is -0.352 e. The maximum Gasteiger partial charge on any atom is 0.234 e. The molecule has 0 aromatic carbocycles. The lowest BCUT2D eigenvalue weighted by atomic mass is 9.86. The van der Waals surface area contributed by atoms with E-state index in [0.717, 1.165) is 0 Å². The summed E-state index contributed by atoms with van der Waals surface area (Å²) in [7, 11) is 2.11. The second-order valence-corrected chi connectivity index (χ2v) is 6.64. The molecule has 3 nitrogen and oxygen atoms in total. The van der Waals surface area contributed by atoms with Crippen molar-refractivity contribution in [2.75, 3.05) is 13.6 Å². The van der Waals surface area contributed by atoms with E-state index in [-0.39, 0.29) is 5.91 Å². The lowest BCUT2D eigenvalue weighted by Crippen LogP contribution is -2.47. The summed E-state index contributed by atoms with van der Waals surface area (Å²) in [6.07, 6.45) is 11.6. The second-order valence-electron chi connectivity index (χ2n) is 6.64. The SMILES string of the molecule is CC1CCCCC1NC(=O)CN(C)C1CCCCC1. The fourth-order valence-corrected chi connectivity index (χ4v) is 3.66. The molecule has 110 valence electrons. The molecule has 0 bridgehead atoms. The zero-order chi connectivity index (χ0) is 13.7. The van der Waals surface area contributed by atoms with E-state index in [0.29, 0.717) is 24.5 Å². The topological polar surface area (TPSA) is 32.3 Å². The summed E-state index contributed by atoms with van der Waals surface area (Å²) in [5.41, 5.74) is 0. The van der Waals surface area contributed by atoms with E-state index >= 15 is 0 Å². The van der Waals surface area contributed by atoms with E-state index in [1.807, 2.05) is 0 Å². The molecule has 2 fully saturated rings. The van der Waals surface area contributed by atoms with Crippen molar-refractivity contribution in [2.24, 2.45) is 5.92 Å². The Labute approximate surface area is 118 Å². The van der Waals surface area contributed by atoms with Crippen molar-refractivity contribution in [3.63, 3.8) is 0 Å². The van der Waals surface area contributed by atoms with Crippen LogP contribution in [0.3, 0.4) is 0 Å². The lowest BCUT2D eigenvalue weighted by Gasteiger charge is -2.33. The largest absolute Gasteiger partial charge is 0.352 e. The zero-order valence-corrected chi connectivity index (χ0v) is 12.7. The molecule has 2 rings (SSSR count). The van der Waals surface area contributed by atoms with Crippen LogP contribution in [-0.2, 0) is 4.79 Å². The number of nitrogens with one attached hydrogen (secondary N) is 1. The molecule has 0 aromatic rings. The molecule has 2 unspecified atom stereocenters. The van der Waals surface area contributed by atoms with Gasteiger partial charge in [0.2, 0.25) is 5.91 Å². The van der Waals surface area contributed by atoms with E-state index in [1.165, 1.54) is 57.8 Å². The Morgan fingerprint density at radius 1 is 1.05 bits per heavy atom. The molecule has 1 N–H and O–H groups in total. The lowest BCUT2D eigenvalue weighted by molar-refractivity contribution is -0.123. The second kappa shape index (κ2) is 7.28. The van der Waals surface area contributed by atoms with Crippen molar-refractivity contribution in [1.82, 2.24) is 10.2 Å². The highest BCUT2D eigenvalue weighted by Gasteiger charge is 2.24. The van der Waals surface area contributed by atoms with E-state index in [9.17, 15) is 4.79 Å². The summed E-state index contributed by atoms with van der Waals surface area (Å²) >= 11 is 0. The fraction of sp³-hybridized carbons (Fsp3) is 0.938. The minimum atomic E-state index is 0.229. The van der Waals surface area contributed by atoms with Gasteiger partial charge in [-0.2, -0.15) is 0 Å². The summed E-state index contributed by atoms with van der Waals surface area (Å²) < 4.78 is 0. The quantitative estimate of drug-likeness (QED) is 0.848. The summed E-state index contributed by atoms with van der Waals surface area (Å²) in [5.74, 6) is 0.879. The first kappa shape index (κ1) is 14.8. The van der Waals surface area contributed by atoms with Gasteiger partial charge in [-0.05, 0) is 38.6 Å². The van der Waals surface area contributed by atoms with Crippen molar-refractivity contribution in [3.05, 3.63) is 0 Å².